The summed E-state index contributed by atoms with van der Waals surface area (Å²) in [5.41, 5.74) is -0.708. The Kier molecular flexibility index (Phi) is 6.24. The van der Waals surface area contributed by atoms with Gasteiger partial charge in [-0.2, -0.15) is 0 Å². The van der Waals surface area contributed by atoms with Gasteiger partial charge in [-0.1, -0.05) is 28.1 Å². The van der Waals surface area contributed by atoms with E-state index in [9.17, 15) is 4.79 Å². The van der Waals surface area contributed by atoms with Gasteiger partial charge in [-0.05, 0) is 68.8 Å². The second-order valence-corrected chi connectivity index (χ2v) is 7.67. The molecule has 130 valence electrons. The third-order valence-electron chi connectivity index (χ3n) is 4.10. The Bertz CT molecular complexity index is 715. The minimum Gasteiger partial charge on any atom is -0.492 e. The molecule has 24 heavy (non-hydrogen) atoms. The van der Waals surface area contributed by atoms with Crippen LogP contribution in [0.4, 0.5) is 0 Å². The molecule has 0 aliphatic carbocycles. The molecule has 4 nitrogen and oxygen atoms in total. The number of aliphatic carboxylic acids is 1. The number of hydrogen-bond donors (Lipinski definition) is 2. The van der Waals surface area contributed by atoms with Crippen molar-refractivity contribution in [3.05, 3.63) is 40.9 Å². The summed E-state index contributed by atoms with van der Waals surface area (Å²) in [5, 5.41) is 14.7. The minimum atomic E-state index is -0.768. The molecule has 5 heteroatoms. The number of carboxylic acids is 1. The fourth-order valence-corrected chi connectivity index (χ4v) is 2.68. The van der Waals surface area contributed by atoms with Gasteiger partial charge < -0.3 is 15.2 Å². The number of ether oxygens (including phenoxy) is 1. The lowest BCUT2D eigenvalue weighted by Gasteiger charge is -2.21. The summed E-state index contributed by atoms with van der Waals surface area (Å²) in [7, 11) is 0. The molecule has 0 heterocycles. The van der Waals surface area contributed by atoms with E-state index in [0.717, 1.165) is 15.6 Å². The summed E-state index contributed by atoms with van der Waals surface area (Å²) in [4.78, 5) is 11.1. The van der Waals surface area contributed by atoms with Gasteiger partial charge in [-0.15, -0.1) is 0 Å². The number of benzene rings is 2. The molecule has 1 atom stereocenters. The zero-order chi connectivity index (χ0) is 17.7. The number of halogens is 1. The van der Waals surface area contributed by atoms with E-state index in [1.165, 1.54) is 5.39 Å². The molecular weight excluding hydrogens is 370 g/mol. The van der Waals surface area contributed by atoms with E-state index in [1.807, 2.05) is 31.2 Å². The first-order chi connectivity index (χ1) is 11.3. The molecule has 2 aromatic rings. The summed E-state index contributed by atoms with van der Waals surface area (Å²) in [6, 6.07) is 12.3. The van der Waals surface area contributed by atoms with E-state index >= 15 is 0 Å². The number of rotatable bonds is 8. The summed E-state index contributed by atoms with van der Waals surface area (Å²) < 4.78 is 6.91. The highest BCUT2D eigenvalue weighted by Gasteiger charge is 2.26. The van der Waals surface area contributed by atoms with Gasteiger partial charge in [0.05, 0.1) is 5.41 Å². The van der Waals surface area contributed by atoms with Gasteiger partial charge in [0, 0.05) is 10.5 Å². The van der Waals surface area contributed by atoms with Crippen molar-refractivity contribution in [2.45, 2.75) is 33.2 Å². The maximum absolute atomic E-state index is 11.1. The highest BCUT2D eigenvalue weighted by atomic mass is 79.9. The summed E-state index contributed by atoms with van der Waals surface area (Å²) in [6.07, 6.45) is 0.581. The average molecular weight is 394 g/mol. The van der Waals surface area contributed by atoms with Crippen LogP contribution in [0.5, 0.6) is 5.75 Å². The van der Waals surface area contributed by atoms with Crippen LogP contribution in [0.25, 0.3) is 10.8 Å². The van der Waals surface area contributed by atoms with Crippen LogP contribution in [0.2, 0.25) is 0 Å². The highest BCUT2D eigenvalue weighted by Crippen LogP contribution is 2.24. The van der Waals surface area contributed by atoms with Gasteiger partial charge in [0.15, 0.2) is 0 Å². The van der Waals surface area contributed by atoms with E-state index in [0.29, 0.717) is 19.6 Å². The first kappa shape index (κ1) is 18.7. The van der Waals surface area contributed by atoms with Crippen LogP contribution in [-0.2, 0) is 4.79 Å². The molecule has 0 fully saturated rings. The predicted octanol–water partition coefficient (Wildman–Crippen LogP) is 4.46. The topological polar surface area (TPSA) is 58.6 Å². The first-order valence-corrected chi connectivity index (χ1v) is 8.86. The molecule has 1 unspecified atom stereocenters. The summed E-state index contributed by atoms with van der Waals surface area (Å²) in [6.45, 7) is 6.70. The minimum absolute atomic E-state index is 0.148. The SMILES string of the molecule is CC(COc1ccc2cc(Br)ccc2c1)NCCC(C)(C)C(=O)O. The van der Waals surface area contributed by atoms with Gasteiger partial charge in [0.25, 0.3) is 0 Å². The molecule has 0 spiro atoms. The van der Waals surface area contributed by atoms with Gasteiger partial charge >= 0.3 is 5.97 Å². The van der Waals surface area contributed by atoms with Crippen LogP contribution in [0.15, 0.2) is 40.9 Å². The lowest BCUT2D eigenvalue weighted by molar-refractivity contribution is -0.147. The van der Waals surface area contributed by atoms with E-state index in [1.54, 1.807) is 13.8 Å². The van der Waals surface area contributed by atoms with Crippen molar-refractivity contribution >= 4 is 32.7 Å². The zero-order valence-electron chi connectivity index (χ0n) is 14.3. The largest absolute Gasteiger partial charge is 0.492 e. The number of nitrogens with one attached hydrogen (secondary N) is 1. The van der Waals surface area contributed by atoms with Crippen LogP contribution < -0.4 is 10.1 Å². The Labute approximate surface area is 151 Å². The smallest absolute Gasteiger partial charge is 0.309 e. The molecule has 0 saturated carbocycles. The third-order valence-corrected chi connectivity index (χ3v) is 4.59. The zero-order valence-corrected chi connectivity index (χ0v) is 15.9. The number of carboxylic acid groups (broad SMARTS) is 1. The van der Waals surface area contributed by atoms with E-state index in [2.05, 4.69) is 33.4 Å². The van der Waals surface area contributed by atoms with Crippen molar-refractivity contribution in [3.8, 4) is 5.75 Å². The van der Waals surface area contributed by atoms with Crippen molar-refractivity contribution < 1.29 is 14.6 Å². The maximum Gasteiger partial charge on any atom is 0.309 e. The average Bonchev–Trinajstić information content (AvgIpc) is 2.52. The second-order valence-electron chi connectivity index (χ2n) is 6.76. The lowest BCUT2D eigenvalue weighted by Crippen LogP contribution is -2.36. The molecule has 2 N–H and O–H groups in total. The fourth-order valence-electron chi connectivity index (χ4n) is 2.30. The predicted molar refractivity (Wildman–Crippen MR) is 101 cm³/mol. The van der Waals surface area contributed by atoms with Gasteiger partial charge in [-0.3, -0.25) is 4.79 Å². The highest BCUT2D eigenvalue weighted by molar-refractivity contribution is 9.10. The molecule has 0 radical (unpaired) electrons. The number of hydrogen-bond acceptors (Lipinski definition) is 3. The quantitative estimate of drug-likeness (QED) is 0.694. The van der Waals surface area contributed by atoms with E-state index in [4.69, 9.17) is 9.84 Å². The standard InChI is InChI=1S/C19H24BrNO3/c1-13(21-9-8-19(2,3)18(22)23)12-24-17-7-5-14-10-16(20)6-4-15(14)11-17/h4-7,10-11,13,21H,8-9,12H2,1-3H3,(H,22,23). The van der Waals surface area contributed by atoms with Crippen molar-refractivity contribution in [3.63, 3.8) is 0 Å². The van der Waals surface area contributed by atoms with Crippen molar-refractivity contribution in [2.24, 2.45) is 5.41 Å². The van der Waals surface area contributed by atoms with Crippen LogP contribution in [0.1, 0.15) is 27.2 Å². The maximum atomic E-state index is 11.1. The van der Waals surface area contributed by atoms with Crippen LogP contribution in [0.3, 0.4) is 0 Å². The molecule has 0 amide bonds. The Morgan fingerprint density at radius 3 is 2.62 bits per heavy atom. The molecular formula is C19H24BrNO3. The molecule has 2 rings (SSSR count). The number of carbonyl (C=O) groups is 1. The number of fused-ring (bicyclic) bond motifs is 1. The Morgan fingerprint density at radius 1 is 1.25 bits per heavy atom. The Morgan fingerprint density at radius 2 is 1.92 bits per heavy atom. The first-order valence-electron chi connectivity index (χ1n) is 8.07. The van der Waals surface area contributed by atoms with Gasteiger partial charge in [0.2, 0.25) is 0 Å². The fraction of sp³-hybridized carbons (Fsp3) is 0.421. The van der Waals surface area contributed by atoms with E-state index in [-0.39, 0.29) is 6.04 Å². The second kappa shape index (κ2) is 7.99. The molecule has 2 aromatic carbocycles. The normalized spacial score (nSPS) is 13.0. The molecule has 0 saturated heterocycles. The van der Waals surface area contributed by atoms with Gasteiger partial charge in [0.1, 0.15) is 12.4 Å². The van der Waals surface area contributed by atoms with Crippen LogP contribution >= 0.6 is 15.9 Å². The lowest BCUT2D eigenvalue weighted by atomic mass is 9.89. The van der Waals surface area contributed by atoms with Crippen molar-refractivity contribution in [1.29, 1.82) is 0 Å². The van der Waals surface area contributed by atoms with Crippen LogP contribution in [0, 0.1) is 5.41 Å². The van der Waals surface area contributed by atoms with Crippen molar-refractivity contribution in [2.75, 3.05) is 13.2 Å². The molecule has 0 bridgehead atoms. The molecule has 0 aromatic heterocycles. The third kappa shape index (κ3) is 5.21. The summed E-state index contributed by atoms with van der Waals surface area (Å²) >= 11 is 3.47. The summed E-state index contributed by atoms with van der Waals surface area (Å²) in [5.74, 6) is 0.0698. The van der Waals surface area contributed by atoms with E-state index < -0.39 is 11.4 Å². The Balaban J connectivity index is 1.82. The van der Waals surface area contributed by atoms with Crippen molar-refractivity contribution in [1.82, 2.24) is 5.32 Å². The monoisotopic (exact) mass is 393 g/mol. The molecule has 0 aliphatic rings. The van der Waals surface area contributed by atoms with Crippen LogP contribution in [-0.4, -0.2) is 30.3 Å². The van der Waals surface area contributed by atoms with Gasteiger partial charge in [-0.25, -0.2) is 0 Å². The Hall–Kier alpha value is -1.59. The molecule has 0 aliphatic heterocycles.